The molecule has 0 fully saturated rings. The highest BCUT2D eigenvalue weighted by Gasteiger charge is 2.39. The monoisotopic (exact) mass is 564 g/mol. The summed E-state index contributed by atoms with van der Waals surface area (Å²) >= 11 is 6.80. The smallest absolute Gasteiger partial charge is 0.240 e. The van der Waals surface area contributed by atoms with Crippen molar-refractivity contribution in [3.8, 4) is 5.75 Å². The van der Waals surface area contributed by atoms with E-state index in [9.17, 15) is 9.90 Å². The van der Waals surface area contributed by atoms with Crippen LogP contribution in [0, 0.1) is 13.8 Å². The maximum atomic E-state index is 14.7. The minimum absolute atomic E-state index is 0.0765. The van der Waals surface area contributed by atoms with Gasteiger partial charge in [0.1, 0.15) is 5.75 Å². The molecule has 4 aromatic carbocycles. The van der Waals surface area contributed by atoms with Gasteiger partial charge in [-0.2, -0.15) is 0 Å². The predicted octanol–water partition coefficient (Wildman–Crippen LogP) is 7.19. The van der Waals surface area contributed by atoms with Gasteiger partial charge in [0.2, 0.25) is 5.91 Å². The first-order valence-corrected chi connectivity index (χ1v) is 14.9. The van der Waals surface area contributed by atoms with Crippen molar-refractivity contribution in [3.63, 3.8) is 0 Å². The van der Waals surface area contributed by atoms with Gasteiger partial charge in [-0.3, -0.25) is 9.69 Å². The van der Waals surface area contributed by atoms with Crippen LogP contribution in [0.2, 0.25) is 5.02 Å². The molecule has 4 aromatic rings. The molecule has 1 N–H and O–H groups in total. The van der Waals surface area contributed by atoms with E-state index in [1.54, 1.807) is 0 Å². The Balaban J connectivity index is 1.37. The number of hydrogen-bond acceptors (Lipinski definition) is 3. The molecule has 1 amide bonds. The minimum Gasteiger partial charge on any atom is -0.507 e. The van der Waals surface area contributed by atoms with Crippen molar-refractivity contribution in [3.05, 3.63) is 134 Å². The highest BCUT2D eigenvalue weighted by molar-refractivity contribution is 6.31. The van der Waals surface area contributed by atoms with Crippen LogP contribution in [0.4, 0.5) is 0 Å². The Morgan fingerprint density at radius 3 is 2.10 bits per heavy atom. The number of nitrogens with zero attached hydrogens (tertiary/aromatic N) is 2. The van der Waals surface area contributed by atoms with E-state index in [0.29, 0.717) is 12.3 Å². The third kappa shape index (κ3) is 5.27. The minimum atomic E-state index is -0.354. The van der Waals surface area contributed by atoms with Gasteiger partial charge in [-0.05, 0) is 90.6 Å². The summed E-state index contributed by atoms with van der Waals surface area (Å²) in [5.41, 5.74) is 8.92. The number of phenols is 1. The fourth-order valence-electron chi connectivity index (χ4n) is 6.90. The summed E-state index contributed by atoms with van der Waals surface area (Å²) in [5, 5.41) is 11.1. The largest absolute Gasteiger partial charge is 0.507 e. The van der Waals surface area contributed by atoms with Crippen molar-refractivity contribution in [1.29, 1.82) is 0 Å². The molecule has 0 radical (unpaired) electrons. The van der Waals surface area contributed by atoms with E-state index >= 15 is 0 Å². The van der Waals surface area contributed by atoms with Crippen LogP contribution < -0.4 is 0 Å². The molecule has 1 aliphatic heterocycles. The van der Waals surface area contributed by atoms with Gasteiger partial charge in [0.05, 0.1) is 12.1 Å². The van der Waals surface area contributed by atoms with Crippen LogP contribution in [0.15, 0.2) is 84.9 Å². The van der Waals surface area contributed by atoms with Gasteiger partial charge in [0.15, 0.2) is 0 Å². The third-order valence-electron chi connectivity index (χ3n) is 9.03. The van der Waals surface area contributed by atoms with Crippen molar-refractivity contribution in [2.24, 2.45) is 0 Å². The predicted molar refractivity (Wildman–Crippen MR) is 165 cm³/mol. The Labute approximate surface area is 248 Å². The summed E-state index contributed by atoms with van der Waals surface area (Å²) in [6, 6.07) is 28.8. The van der Waals surface area contributed by atoms with E-state index in [2.05, 4.69) is 71.3 Å². The molecule has 0 spiro atoms. The molecule has 1 aliphatic carbocycles. The SMILES string of the molecule is Cc1cc(CN(C(=O)[C@H](C)N2CCc3ccccc3[C@@H]2c2ccccc2Cl)C2Cc3ccccc3C2)cc(C)c1O. The zero-order valence-electron chi connectivity index (χ0n) is 24.0. The molecule has 0 unspecified atom stereocenters. The first-order valence-electron chi connectivity index (χ1n) is 14.6. The van der Waals surface area contributed by atoms with Crippen LogP contribution in [-0.4, -0.2) is 39.4 Å². The molecule has 41 heavy (non-hydrogen) atoms. The molecule has 0 bridgehead atoms. The Kier molecular flexibility index (Phi) is 7.63. The number of amides is 1. The molecule has 2 atom stereocenters. The summed E-state index contributed by atoms with van der Waals surface area (Å²) < 4.78 is 0. The van der Waals surface area contributed by atoms with Gasteiger partial charge in [0.25, 0.3) is 0 Å². The first kappa shape index (κ1) is 27.6. The number of phenolic OH excluding ortho intramolecular Hbond substituents is 1. The van der Waals surface area contributed by atoms with Gasteiger partial charge in [-0.15, -0.1) is 0 Å². The van der Waals surface area contributed by atoms with Crippen LogP contribution in [0.1, 0.15) is 57.5 Å². The molecule has 1 heterocycles. The molecule has 4 nitrogen and oxygen atoms in total. The molecule has 5 heteroatoms. The second kappa shape index (κ2) is 11.3. The van der Waals surface area contributed by atoms with E-state index in [1.807, 2.05) is 44.2 Å². The van der Waals surface area contributed by atoms with Gasteiger partial charge in [-0.25, -0.2) is 0 Å². The lowest BCUT2D eigenvalue weighted by atomic mass is 9.87. The van der Waals surface area contributed by atoms with Crippen LogP contribution >= 0.6 is 11.6 Å². The summed E-state index contributed by atoms with van der Waals surface area (Å²) in [6.45, 7) is 7.18. The highest BCUT2D eigenvalue weighted by atomic mass is 35.5. The van der Waals surface area contributed by atoms with E-state index in [0.717, 1.165) is 53.1 Å². The number of rotatable bonds is 6. The standard InChI is InChI=1S/C36H37ClN2O2/c1-23-18-26(19-24(2)35(23)40)22-39(30-20-28-11-4-5-12-29(28)21-30)36(41)25(3)38-17-16-27-10-6-7-13-31(27)34(38)32-14-8-9-15-33(32)37/h4-15,18-19,25,30,34,40H,16-17,20-22H2,1-3H3/t25-,34+/m0/s1. The first-order chi connectivity index (χ1) is 19.8. The zero-order chi connectivity index (χ0) is 28.7. The van der Waals surface area contributed by atoms with Crippen LogP contribution in [0.3, 0.4) is 0 Å². The van der Waals surface area contributed by atoms with Crippen molar-refractivity contribution < 1.29 is 9.90 Å². The Morgan fingerprint density at radius 1 is 0.902 bits per heavy atom. The lowest BCUT2D eigenvalue weighted by molar-refractivity contribution is -0.140. The molecular formula is C36H37ClN2O2. The van der Waals surface area contributed by atoms with Crippen molar-refractivity contribution in [2.75, 3.05) is 6.54 Å². The average molecular weight is 565 g/mol. The van der Waals surface area contributed by atoms with Gasteiger partial charge in [-0.1, -0.05) is 90.5 Å². The Morgan fingerprint density at radius 2 is 1.46 bits per heavy atom. The van der Waals surface area contributed by atoms with Crippen LogP contribution in [-0.2, 0) is 30.6 Å². The third-order valence-corrected chi connectivity index (χ3v) is 9.38. The number of aromatic hydroxyl groups is 1. The summed E-state index contributed by atoms with van der Waals surface area (Å²) in [5.74, 6) is 0.449. The number of benzene rings is 4. The van der Waals surface area contributed by atoms with E-state index < -0.39 is 0 Å². The Hall–Kier alpha value is -3.60. The highest BCUT2D eigenvalue weighted by Crippen LogP contribution is 2.40. The van der Waals surface area contributed by atoms with Gasteiger partial charge >= 0.3 is 0 Å². The summed E-state index contributed by atoms with van der Waals surface area (Å²) in [7, 11) is 0. The number of hydrogen-bond donors (Lipinski definition) is 1. The van der Waals surface area contributed by atoms with E-state index in [1.165, 1.54) is 22.3 Å². The molecule has 0 aromatic heterocycles. The number of fused-ring (bicyclic) bond motifs is 2. The maximum absolute atomic E-state index is 14.7. The number of halogens is 1. The van der Waals surface area contributed by atoms with Gasteiger partial charge < -0.3 is 10.0 Å². The van der Waals surface area contributed by atoms with Crippen molar-refractivity contribution >= 4 is 17.5 Å². The van der Waals surface area contributed by atoms with Crippen molar-refractivity contribution in [2.45, 2.75) is 64.7 Å². The lowest BCUT2D eigenvalue weighted by Gasteiger charge is -2.43. The summed E-state index contributed by atoms with van der Waals surface area (Å²) in [4.78, 5) is 19.1. The number of aryl methyl sites for hydroxylation is 2. The second-order valence-electron chi connectivity index (χ2n) is 11.7. The second-order valence-corrected chi connectivity index (χ2v) is 12.1. The average Bonchev–Trinajstić information content (AvgIpc) is 3.42. The van der Waals surface area contributed by atoms with Crippen LogP contribution in [0.5, 0.6) is 5.75 Å². The molecule has 0 saturated carbocycles. The summed E-state index contributed by atoms with van der Waals surface area (Å²) in [6.07, 6.45) is 2.59. The number of carbonyl (C=O) groups excluding carboxylic acids is 1. The number of carbonyl (C=O) groups is 1. The molecular weight excluding hydrogens is 528 g/mol. The normalized spacial score (nSPS) is 17.6. The van der Waals surface area contributed by atoms with Crippen molar-refractivity contribution in [1.82, 2.24) is 9.80 Å². The topological polar surface area (TPSA) is 43.8 Å². The fourth-order valence-corrected chi connectivity index (χ4v) is 7.14. The maximum Gasteiger partial charge on any atom is 0.240 e. The molecule has 2 aliphatic rings. The van der Waals surface area contributed by atoms with Gasteiger partial charge in [0, 0.05) is 24.2 Å². The fraction of sp³-hybridized carbons (Fsp3) is 0.306. The van der Waals surface area contributed by atoms with Crippen LogP contribution in [0.25, 0.3) is 0 Å². The molecule has 210 valence electrons. The quantitative estimate of drug-likeness (QED) is 0.269. The molecule has 0 saturated heterocycles. The lowest BCUT2D eigenvalue weighted by Crippen LogP contribution is -2.53. The van der Waals surface area contributed by atoms with E-state index in [-0.39, 0.29) is 24.0 Å². The molecule has 6 rings (SSSR count). The van der Waals surface area contributed by atoms with E-state index in [4.69, 9.17) is 11.6 Å². The Bertz CT molecular complexity index is 1550. The zero-order valence-corrected chi connectivity index (χ0v) is 24.7.